The zero-order chi connectivity index (χ0) is 16.5. The van der Waals surface area contributed by atoms with E-state index in [1.165, 1.54) is 0 Å². The number of aromatic nitrogens is 4. The number of hydrogen-bond donors (Lipinski definition) is 2. The van der Waals surface area contributed by atoms with Gasteiger partial charge in [0.1, 0.15) is 0 Å². The Balaban J connectivity index is 1.54. The summed E-state index contributed by atoms with van der Waals surface area (Å²) in [6.45, 7) is 1.45. The molecule has 122 valence electrons. The van der Waals surface area contributed by atoms with Crippen LogP contribution in [0.5, 0.6) is 0 Å². The van der Waals surface area contributed by atoms with Gasteiger partial charge in [0.15, 0.2) is 0 Å². The van der Waals surface area contributed by atoms with Gasteiger partial charge in [0.05, 0.1) is 23.1 Å². The molecule has 24 heavy (non-hydrogen) atoms. The predicted molar refractivity (Wildman–Crippen MR) is 90.5 cm³/mol. The lowest BCUT2D eigenvalue weighted by atomic mass is 9.90. The van der Waals surface area contributed by atoms with E-state index in [9.17, 15) is 4.79 Å². The molecule has 7 heteroatoms. The number of hydrogen-bond acceptors (Lipinski definition) is 5. The van der Waals surface area contributed by atoms with E-state index in [1.807, 2.05) is 37.6 Å². The Labute approximate surface area is 139 Å². The normalized spacial score (nSPS) is 20.4. The van der Waals surface area contributed by atoms with Gasteiger partial charge in [-0.25, -0.2) is 0 Å². The van der Waals surface area contributed by atoms with Crippen molar-refractivity contribution in [2.45, 2.75) is 5.92 Å². The van der Waals surface area contributed by atoms with Crippen LogP contribution in [0, 0.1) is 5.92 Å². The van der Waals surface area contributed by atoms with Crippen LogP contribution in [0.1, 0.15) is 11.5 Å². The van der Waals surface area contributed by atoms with E-state index < -0.39 is 0 Å². The number of fused-ring (bicyclic) bond motifs is 1. The van der Waals surface area contributed by atoms with Gasteiger partial charge < -0.3 is 10.6 Å². The van der Waals surface area contributed by atoms with Crippen LogP contribution < -0.4 is 10.6 Å². The van der Waals surface area contributed by atoms with E-state index in [0.717, 1.165) is 28.8 Å². The molecule has 1 aromatic carbocycles. The first-order chi connectivity index (χ1) is 11.7. The molecule has 1 aliphatic heterocycles. The molecule has 2 N–H and O–H groups in total. The number of carbonyl (C=O) groups excluding carboxylic acids is 1. The van der Waals surface area contributed by atoms with Gasteiger partial charge in [-0.3, -0.25) is 19.4 Å². The van der Waals surface area contributed by atoms with Crippen molar-refractivity contribution >= 4 is 22.6 Å². The molecule has 7 nitrogen and oxygen atoms in total. The van der Waals surface area contributed by atoms with Crippen LogP contribution in [0.3, 0.4) is 0 Å². The third kappa shape index (κ3) is 2.74. The number of aryl methyl sites for hydroxylation is 1. The summed E-state index contributed by atoms with van der Waals surface area (Å²) in [5.74, 6) is 0.0304. The van der Waals surface area contributed by atoms with E-state index >= 15 is 0 Å². The van der Waals surface area contributed by atoms with Gasteiger partial charge >= 0.3 is 0 Å². The lowest BCUT2D eigenvalue weighted by molar-refractivity contribution is -0.119. The van der Waals surface area contributed by atoms with E-state index in [0.29, 0.717) is 6.54 Å². The molecular weight excluding hydrogens is 304 g/mol. The van der Waals surface area contributed by atoms with Crippen molar-refractivity contribution in [3.63, 3.8) is 0 Å². The molecule has 0 spiro atoms. The number of carbonyl (C=O) groups is 1. The van der Waals surface area contributed by atoms with Crippen LogP contribution in [0.25, 0.3) is 11.0 Å². The number of anilines is 1. The fraction of sp³-hybridized carbons (Fsp3) is 0.294. The lowest BCUT2D eigenvalue weighted by Crippen LogP contribution is -2.28. The molecule has 1 saturated heterocycles. The quantitative estimate of drug-likeness (QED) is 0.759. The maximum absolute atomic E-state index is 12.7. The molecule has 0 aliphatic carbocycles. The fourth-order valence-corrected chi connectivity index (χ4v) is 3.21. The van der Waals surface area contributed by atoms with E-state index in [4.69, 9.17) is 0 Å². The molecule has 0 radical (unpaired) electrons. The Bertz CT molecular complexity index is 889. The molecule has 1 amide bonds. The summed E-state index contributed by atoms with van der Waals surface area (Å²) in [6.07, 6.45) is 7.11. The molecule has 0 saturated carbocycles. The highest BCUT2D eigenvalue weighted by molar-refractivity contribution is 5.95. The van der Waals surface area contributed by atoms with Crippen LogP contribution in [-0.2, 0) is 11.8 Å². The summed E-state index contributed by atoms with van der Waals surface area (Å²) >= 11 is 0. The third-order valence-corrected chi connectivity index (χ3v) is 4.44. The van der Waals surface area contributed by atoms with Gasteiger partial charge in [0.25, 0.3) is 0 Å². The Hall–Kier alpha value is -2.80. The summed E-state index contributed by atoms with van der Waals surface area (Å²) in [5, 5.41) is 10.5. The van der Waals surface area contributed by atoms with Crippen LogP contribution in [-0.4, -0.2) is 38.7 Å². The van der Waals surface area contributed by atoms with Crippen molar-refractivity contribution in [1.82, 2.24) is 25.1 Å². The molecule has 2 atom stereocenters. The third-order valence-electron chi connectivity index (χ3n) is 4.44. The summed E-state index contributed by atoms with van der Waals surface area (Å²) in [4.78, 5) is 21.2. The average molecular weight is 322 g/mol. The summed E-state index contributed by atoms with van der Waals surface area (Å²) < 4.78 is 1.77. The lowest BCUT2D eigenvalue weighted by Gasteiger charge is -2.17. The van der Waals surface area contributed by atoms with Crippen molar-refractivity contribution < 1.29 is 4.79 Å². The van der Waals surface area contributed by atoms with Gasteiger partial charge in [0.2, 0.25) is 5.91 Å². The maximum atomic E-state index is 12.7. The van der Waals surface area contributed by atoms with Crippen molar-refractivity contribution in [3.05, 3.63) is 48.5 Å². The number of benzene rings is 1. The number of nitrogens with one attached hydrogen (secondary N) is 2. The topological polar surface area (TPSA) is 84.7 Å². The highest BCUT2D eigenvalue weighted by atomic mass is 16.1. The van der Waals surface area contributed by atoms with Crippen molar-refractivity contribution in [3.8, 4) is 0 Å². The molecule has 0 bridgehead atoms. The van der Waals surface area contributed by atoms with E-state index in [1.54, 1.807) is 17.1 Å². The smallest absolute Gasteiger partial charge is 0.229 e. The number of nitrogens with zero attached hydrogens (tertiary/aromatic N) is 4. The van der Waals surface area contributed by atoms with Gasteiger partial charge in [-0.1, -0.05) is 0 Å². The van der Waals surface area contributed by atoms with Crippen LogP contribution >= 0.6 is 0 Å². The molecule has 1 fully saturated rings. The molecule has 1 aliphatic rings. The van der Waals surface area contributed by atoms with Crippen molar-refractivity contribution in [1.29, 1.82) is 0 Å². The molecule has 2 aromatic heterocycles. The maximum Gasteiger partial charge on any atom is 0.229 e. The first kappa shape index (κ1) is 14.8. The van der Waals surface area contributed by atoms with Crippen molar-refractivity contribution in [2.24, 2.45) is 13.0 Å². The predicted octanol–water partition coefficient (Wildman–Crippen LogP) is 1.30. The Morgan fingerprint density at radius 3 is 2.88 bits per heavy atom. The highest BCUT2D eigenvalue weighted by Crippen LogP contribution is 2.29. The highest BCUT2D eigenvalue weighted by Gasteiger charge is 2.34. The summed E-state index contributed by atoms with van der Waals surface area (Å²) in [5.41, 5.74) is 3.41. The second-order valence-electron chi connectivity index (χ2n) is 6.07. The Kier molecular flexibility index (Phi) is 3.70. The number of rotatable bonds is 3. The molecular formula is C17H18N6O. The zero-order valence-corrected chi connectivity index (χ0v) is 13.3. The minimum absolute atomic E-state index is 0.0112. The van der Waals surface area contributed by atoms with Crippen molar-refractivity contribution in [2.75, 3.05) is 18.4 Å². The van der Waals surface area contributed by atoms with Crippen LogP contribution in [0.2, 0.25) is 0 Å². The fourth-order valence-electron chi connectivity index (χ4n) is 3.21. The standard InChI is InChI=1S/C17H18N6O/c1-23-10-11(7-21-23)13-8-18-9-14(13)17(24)22-12-2-3-15-16(6-12)20-5-4-19-15/h2-7,10,13-14,18H,8-9H2,1H3,(H,22,24)/t13-,14+/m1/s1. The van der Waals surface area contributed by atoms with Gasteiger partial charge in [-0.15, -0.1) is 0 Å². The molecule has 3 heterocycles. The minimum Gasteiger partial charge on any atom is -0.326 e. The van der Waals surface area contributed by atoms with Gasteiger partial charge in [-0.2, -0.15) is 5.10 Å². The van der Waals surface area contributed by atoms with Gasteiger partial charge in [-0.05, 0) is 23.8 Å². The monoisotopic (exact) mass is 322 g/mol. The Morgan fingerprint density at radius 2 is 2.08 bits per heavy atom. The van der Waals surface area contributed by atoms with E-state index in [2.05, 4.69) is 25.7 Å². The number of amides is 1. The van der Waals surface area contributed by atoms with Gasteiger partial charge in [0, 0.05) is 50.3 Å². The van der Waals surface area contributed by atoms with E-state index in [-0.39, 0.29) is 17.7 Å². The Morgan fingerprint density at radius 1 is 1.25 bits per heavy atom. The minimum atomic E-state index is -0.119. The summed E-state index contributed by atoms with van der Waals surface area (Å²) in [6, 6.07) is 5.57. The second kappa shape index (κ2) is 6.01. The SMILES string of the molecule is Cn1cc([C@H]2CNC[C@@H]2C(=O)Nc2ccc3nccnc3c2)cn1. The van der Waals surface area contributed by atoms with Crippen LogP contribution in [0.15, 0.2) is 43.0 Å². The summed E-state index contributed by atoms with van der Waals surface area (Å²) in [7, 11) is 1.89. The molecule has 0 unspecified atom stereocenters. The first-order valence-corrected chi connectivity index (χ1v) is 7.91. The molecule has 3 aromatic rings. The first-order valence-electron chi connectivity index (χ1n) is 7.91. The molecule has 4 rings (SSSR count). The second-order valence-corrected chi connectivity index (χ2v) is 6.07. The average Bonchev–Trinajstić information content (AvgIpc) is 3.23. The largest absolute Gasteiger partial charge is 0.326 e. The zero-order valence-electron chi connectivity index (χ0n) is 13.3. The van der Waals surface area contributed by atoms with Crippen LogP contribution in [0.4, 0.5) is 5.69 Å².